The van der Waals surface area contributed by atoms with Crippen molar-refractivity contribution in [2.45, 2.75) is 44.1 Å². The number of nitrogens with one attached hydrogen (secondary N) is 1. The van der Waals surface area contributed by atoms with Crippen LogP contribution in [0.1, 0.15) is 37.8 Å². The monoisotopic (exact) mass is 330 g/mol. The highest BCUT2D eigenvalue weighted by atomic mass is 32.1. The van der Waals surface area contributed by atoms with E-state index in [0.717, 1.165) is 41.9 Å². The highest BCUT2D eigenvalue weighted by Crippen LogP contribution is 2.28. The topological polar surface area (TPSA) is 62.2 Å². The van der Waals surface area contributed by atoms with E-state index in [9.17, 15) is 9.90 Å². The largest absolute Gasteiger partial charge is 0.388 e. The van der Waals surface area contributed by atoms with E-state index >= 15 is 0 Å². The molecule has 0 spiro atoms. The van der Waals surface area contributed by atoms with Gasteiger partial charge in [-0.05, 0) is 19.3 Å². The quantitative estimate of drug-likeness (QED) is 0.855. The minimum Gasteiger partial charge on any atom is -0.388 e. The molecule has 0 radical (unpaired) electrons. The fourth-order valence-corrected chi connectivity index (χ4v) is 3.80. The van der Waals surface area contributed by atoms with Crippen molar-refractivity contribution in [3.05, 3.63) is 41.4 Å². The van der Waals surface area contributed by atoms with Crippen molar-refractivity contribution in [2.24, 2.45) is 0 Å². The van der Waals surface area contributed by atoms with Gasteiger partial charge in [0.25, 0.3) is 0 Å². The van der Waals surface area contributed by atoms with Gasteiger partial charge in [-0.15, -0.1) is 11.3 Å². The van der Waals surface area contributed by atoms with E-state index in [-0.39, 0.29) is 5.91 Å². The standard InChI is InChI=1S/C18H22N2O2S/c21-16(19-13-18(22)10-4-5-11-18)9-8-15-12-23-17(20-15)14-6-2-1-3-7-14/h1-3,6-7,12,22H,4-5,8-11,13H2,(H,19,21). The van der Waals surface area contributed by atoms with Crippen molar-refractivity contribution in [1.82, 2.24) is 10.3 Å². The van der Waals surface area contributed by atoms with Crippen LogP contribution in [0.2, 0.25) is 0 Å². The summed E-state index contributed by atoms with van der Waals surface area (Å²) in [7, 11) is 0. The van der Waals surface area contributed by atoms with E-state index in [1.165, 1.54) is 0 Å². The Hall–Kier alpha value is -1.72. The fraction of sp³-hybridized carbons (Fsp3) is 0.444. The van der Waals surface area contributed by atoms with E-state index in [2.05, 4.69) is 10.3 Å². The molecule has 0 bridgehead atoms. The molecule has 1 heterocycles. The Morgan fingerprint density at radius 1 is 1.26 bits per heavy atom. The second kappa shape index (κ2) is 7.23. The molecule has 1 aromatic heterocycles. The van der Waals surface area contributed by atoms with Crippen LogP contribution in [0.15, 0.2) is 35.7 Å². The molecular formula is C18H22N2O2S. The molecule has 1 aliphatic carbocycles. The lowest BCUT2D eigenvalue weighted by atomic mass is 10.0. The molecule has 5 heteroatoms. The molecule has 1 saturated carbocycles. The number of carbonyl (C=O) groups is 1. The molecule has 23 heavy (non-hydrogen) atoms. The smallest absolute Gasteiger partial charge is 0.220 e. The number of nitrogens with zero attached hydrogens (tertiary/aromatic N) is 1. The molecule has 122 valence electrons. The van der Waals surface area contributed by atoms with Gasteiger partial charge in [-0.2, -0.15) is 0 Å². The van der Waals surface area contributed by atoms with Gasteiger partial charge in [0.1, 0.15) is 5.01 Å². The fourth-order valence-electron chi connectivity index (χ4n) is 2.94. The third-order valence-electron chi connectivity index (χ3n) is 4.33. The van der Waals surface area contributed by atoms with Gasteiger partial charge in [0.15, 0.2) is 0 Å². The SMILES string of the molecule is O=C(CCc1csc(-c2ccccc2)n1)NCC1(O)CCCC1. The predicted molar refractivity (Wildman–Crippen MR) is 92.3 cm³/mol. The summed E-state index contributed by atoms with van der Waals surface area (Å²) in [6, 6.07) is 10.1. The van der Waals surface area contributed by atoms with Crippen LogP contribution < -0.4 is 5.32 Å². The zero-order valence-electron chi connectivity index (χ0n) is 13.1. The number of aromatic nitrogens is 1. The predicted octanol–water partition coefficient (Wildman–Crippen LogP) is 3.16. The van der Waals surface area contributed by atoms with Gasteiger partial charge < -0.3 is 10.4 Å². The van der Waals surface area contributed by atoms with Crippen LogP contribution in [-0.4, -0.2) is 28.1 Å². The lowest BCUT2D eigenvalue weighted by Gasteiger charge is -2.22. The summed E-state index contributed by atoms with van der Waals surface area (Å²) in [5.41, 5.74) is 1.37. The molecule has 1 fully saturated rings. The summed E-state index contributed by atoms with van der Waals surface area (Å²) in [5.74, 6) is -0.0143. The number of amides is 1. The lowest BCUT2D eigenvalue weighted by molar-refractivity contribution is -0.122. The van der Waals surface area contributed by atoms with E-state index < -0.39 is 5.60 Å². The zero-order chi connectivity index (χ0) is 16.1. The van der Waals surface area contributed by atoms with Crippen LogP contribution in [0.3, 0.4) is 0 Å². The van der Waals surface area contributed by atoms with Gasteiger partial charge >= 0.3 is 0 Å². The second-order valence-electron chi connectivity index (χ2n) is 6.22. The molecule has 4 nitrogen and oxygen atoms in total. The number of hydrogen-bond acceptors (Lipinski definition) is 4. The molecule has 3 rings (SSSR count). The molecule has 0 aliphatic heterocycles. The molecule has 1 aromatic carbocycles. The maximum absolute atomic E-state index is 11.9. The molecule has 0 unspecified atom stereocenters. The summed E-state index contributed by atoms with van der Waals surface area (Å²) in [6.45, 7) is 0.373. The Bertz CT molecular complexity index is 648. The number of aryl methyl sites for hydroxylation is 1. The van der Waals surface area contributed by atoms with Crippen LogP contribution in [0.4, 0.5) is 0 Å². The highest BCUT2D eigenvalue weighted by molar-refractivity contribution is 7.13. The maximum atomic E-state index is 11.9. The van der Waals surface area contributed by atoms with E-state index in [1.807, 2.05) is 35.7 Å². The first-order valence-corrected chi connectivity index (χ1v) is 9.02. The van der Waals surface area contributed by atoms with Crippen molar-refractivity contribution in [3.63, 3.8) is 0 Å². The van der Waals surface area contributed by atoms with Gasteiger partial charge in [-0.25, -0.2) is 4.98 Å². The zero-order valence-corrected chi connectivity index (χ0v) is 13.9. The molecule has 0 atom stereocenters. The number of rotatable bonds is 6. The highest BCUT2D eigenvalue weighted by Gasteiger charge is 2.31. The first-order chi connectivity index (χ1) is 11.1. The third kappa shape index (κ3) is 4.39. The second-order valence-corrected chi connectivity index (χ2v) is 7.08. The van der Waals surface area contributed by atoms with Crippen LogP contribution >= 0.6 is 11.3 Å². The Kier molecular flexibility index (Phi) is 5.08. The number of hydrogen-bond donors (Lipinski definition) is 2. The van der Waals surface area contributed by atoms with Gasteiger partial charge in [-0.1, -0.05) is 43.2 Å². The normalized spacial score (nSPS) is 16.4. The number of carbonyl (C=O) groups excluding carboxylic acids is 1. The number of thiazole rings is 1. The molecule has 2 N–H and O–H groups in total. The number of aliphatic hydroxyl groups is 1. The minimum atomic E-state index is -0.684. The van der Waals surface area contributed by atoms with Crippen molar-refractivity contribution in [2.75, 3.05) is 6.54 Å². The summed E-state index contributed by atoms with van der Waals surface area (Å²) >= 11 is 1.60. The average Bonchev–Trinajstić information content (AvgIpc) is 3.22. The van der Waals surface area contributed by atoms with E-state index in [0.29, 0.717) is 19.4 Å². The van der Waals surface area contributed by atoms with Crippen LogP contribution in [-0.2, 0) is 11.2 Å². The van der Waals surface area contributed by atoms with Crippen molar-refractivity contribution in [1.29, 1.82) is 0 Å². The molecule has 1 aliphatic rings. The van der Waals surface area contributed by atoms with Gasteiger partial charge in [0, 0.05) is 23.9 Å². The molecule has 2 aromatic rings. The molecular weight excluding hydrogens is 308 g/mol. The summed E-state index contributed by atoms with van der Waals surface area (Å²) in [5, 5.41) is 16.1. The Balaban J connectivity index is 1.47. The van der Waals surface area contributed by atoms with Crippen molar-refractivity contribution >= 4 is 17.2 Å². The first-order valence-electron chi connectivity index (χ1n) is 8.14. The van der Waals surface area contributed by atoms with Gasteiger partial charge in [0.2, 0.25) is 5.91 Å². The van der Waals surface area contributed by atoms with Crippen molar-refractivity contribution in [3.8, 4) is 10.6 Å². The van der Waals surface area contributed by atoms with E-state index in [1.54, 1.807) is 11.3 Å². The number of benzene rings is 1. The maximum Gasteiger partial charge on any atom is 0.220 e. The average molecular weight is 330 g/mol. The van der Waals surface area contributed by atoms with E-state index in [4.69, 9.17) is 0 Å². The van der Waals surface area contributed by atoms with Crippen LogP contribution in [0.5, 0.6) is 0 Å². The Morgan fingerprint density at radius 3 is 2.74 bits per heavy atom. The Labute approximate surface area is 140 Å². The summed E-state index contributed by atoms with van der Waals surface area (Å²) in [6.07, 6.45) is 4.72. The summed E-state index contributed by atoms with van der Waals surface area (Å²) in [4.78, 5) is 16.5. The lowest BCUT2D eigenvalue weighted by Crippen LogP contribution is -2.40. The summed E-state index contributed by atoms with van der Waals surface area (Å²) < 4.78 is 0. The van der Waals surface area contributed by atoms with Crippen LogP contribution in [0, 0.1) is 0 Å². The molecule has 0 saturated heterocycles. The Morgan fingerprint density at radius 2 is 2.00 bits per heavy atom. The van der Waals surface area contributed by atoms with Gasteiger partial charge in [-0.3, -0.25) is 4.79 Å². The first kappa shape index (κ1) is 16.1. The van der Waals surface area contributed by atoms with Crippen molar-refractivity contribution < 1.29 is 9.90 Å². The third-order valence-corrected chi connectivity index (χ3v) is 5.27. The minimum absolute atomic E-state index is 0.0143. The van der Waals surface area contributed by atoms with Crippen LogP contribution in [0.25, 0.3) is 10.6 Å². The molecule has 1 amide bonds. The van der Waals surface area contributed by atoms with Gasteiger partial charge in [0.05, 0.1) is 11.3 Å².